The summed E-state index contributed by atoms with van der Waals surface area (Å²) in [5.41, 5.74) is -0.774. The van der Waals surface area contributed by atoms with E-state index in [1.165, 1.54) is 13.8 Å². The van der Waals surface area contributed by atoms with E-state index in [9.17, 15) is 30.0 Å². The van der Waals surface area contributed by atoms with Crippen LogP contribution in [0.5, 0.6) is 0 Å². The molecule has 4 unspecified atom stereocenters. The average Bonchev–Trinajstić information content (AvgIpc) is 3.01. The SMILES string of the molecule is [CH2-]OCC(CO)(CO)CO[CH2-].[CH2-]OCC(O)COCC(O)COCCNC(C)=O.[CH2-]OCC(O)COCC(O)COCCNC(C)=O.[Rf].[Rf]. The summed E-state index contributed by atoms with van der Waals surface area (Å²) in [7, 11) is 12.5. The van der Waals surface area contributed by atoms with Crippen LogP contribution >= 0.6 is 0 Å². The first-order valence-electron chi connectivity index (χ1n) is 14.6. The van der Waals surface area contributed by atoms with E-state index >= 15 is 0 Å². The summed E-state index contributed by atoms with van der Waals surface area (Å²) in [6.45, 7) is 4.84. The molecule has 0 rings (SSSR count). The van der Waals surface area contributed by atoms with Crippen molar-refractivity contribution in [2.45, 2.75) is 38.3 Å². The largest absolute Gasteiger partial charge is 0.554 e. The minimum Gasteiger partial charge on any atom is -0.554 e. The van der Waals surface area contributed by atoms with Gasteiger partial charge < -0.3 is 79.2 Å². The summed E-state index contributed by atoms with van der Waals surface area (Å²) < 4.78 is 38.4. The van der Waals surface area contributed by atoms with E-state index in [-0.39, 0.29) is 91.1 Å². The van der Waals surface area contributed by atoms with E-state index < -0.39 is 29.8 Å². The predicted octanol–water partition coefficient (Wildman–Crippen LogP) is -3.05. The van der Waals surface area contributed by atoms with Crippen LogP contribution in [0, 0.1) is 33.9 Å². The first-order chi connectivity index (χ1) is 22.4. The van der Waals surface area contributed by atoms with E-state index in [2.05, 4.69) is 58.0 Å². The molecule has 0 aliphatic heterocycles. The number of aliphatic hydroxyl groups excluding tert-OH is 6. The smallest absolute Gasteiger partial charge is 0.216 e. The van der Waals surface area contributed by atoms with Crippen LogP contribution in [0.3, 0.4) is 0 Å². The van der Waals surface area contributed by atoms with Gasteiger partial charge in [-0.2, -0.15) is 0 Å². The van der Waals surface area contributed by atoms with Crippen molar-refractivity contribution in [3.05, 3.63) is 28.4 Å². The van der Waals surface area contributed by atoms with Gasteiger partial charge in [-0.25, -0.2) is 28.4 Å². The number of hydrogen-bond acceptors (Lipinski definition) is 16. The van der Waals surface area contributed by atoms with Crippen molar-refractivity contribution in [2.75, 3.05) is 106 Å². The maximum Gasteiger partial charge on any atom is 0.216 e. The fourth-order valence-corrected chi connectivity index (χ4v) is 2.89. The van der Waals surface area contributed by atoms with Crippen LogP contribution in [0.4, 0.5) is 0 Å². The third kappa shape index (κ3) is 40.5. The number of amides is 2. The van der Waals surface area contributed by atoms with Crippen LogP contribution in [-0.4, -0.2) is 172 Å². The Morgan fingerprint density at radius 2 is 0.837 bits per heavy atom. The van der Waals surface area contributed by atoms with Crippen molar-refractivity contribution in [3.63, 3.8) is 0 Å². The fraction of sp³-hybridized carbons (Fsp3) is 0.793. The van der Waals surface area contributed by atoms with E-state index in [0.29, 0.717) is 26.3 Å². The molecular weight excluding hydrogens is 1170 g/mol. The van der Waals surface area contributed by atoms with Crippen LogP contribution in [-0.2, 0) is 47.5 Å². The van der Waals surface area contributed by atoms with Crippen molar-refractivity contribution in [2.24, 2.45) is 5.41 Å². The molecule has 0 fully saturated rings. The van der Waals surface area contributed by atoms with Gasteiger partial charge in [0.1, 0.15) is 12.2 Å². The van der Waals surface area contributed by atoms with Crippen LogP contribution in [0.25, 0.3) is 0 Å². The summed E-state index contributed by atoms with van der Waals surface area (Å²) in [4.78, 5) is 21.0. The van der Waals surface area contributed by atoms with Gasteiger partial charge in [0.15, 0.2) is 0 Å². The van der Waals surface area contributed by atoms with Gasteiger partial charge in [0.2, 0.25) is 11.8 Å². The van der Waals surface area contributed by atoms with Gasteiger partial charge in [0, 0.05) is 53.4 Å². The second-order valence-electron chi connectivity index (χ2n) is 10.1. The maximum atomic E-state index is 10.5. The molecule has 0 aliphatic rings. The molecule has 0 aliphatic carbocycles. The molecule has 49 heavy (non-hydrogen) atoms. The summed E-state index contributed by atoms with van der Waals surface area (Å²) in [6.07, 6.45) is -3.05. The zero-order valence-electron chi connectivity index (χ0n) is 29.1. The van der Waals surface area contributed by atoms with Crippen LogP contribution < -0.4 is 10.6 Å². The molecule has 20 heteroatoms. The molecule has 0 heterocycles. The number of ether oxygens (including phenoxy) is 8. The molecule has 2 amide bonds. The standard InChI is InChI=1S/2C11H22NO6.C7H14O4.2Rf/c2*1-9(13)12-3-4-17-6-11(15)8-18-7-10(14)5-16-2;1-10-5-7(3-8,4-9)6-11-2;;/h2*10-11,14-15H,2-8H2,1H3,(H,12,13);8-9H,1-6H2;;/q2*-1;-2;;. The molecule has 8 N–H and O–H groups in total. The fourth-order valence-electron chi connectivity index (χ4n) is 2.89. The van der Waals surface area contributed by atoms with E-state index in [1.807, 2.05) is 0 Å². The molecule has 4 atom stereocenters. The van der Waals surface area contributed by atoms with Gasteiger partial charge >= 0.3 is 0 Å². The second-order valence-corrected chi connectivity index (χ2v) is 10.1. The molecule has 18 nitrogen and oxygen atoms in total. The monoisotopic (exact) mass is 1220 g/mol. The number of carbonyl (C=O) groups excluding carboxylic acids is 2. The molecule has 0 bridgehead atoms. The van der Waals surface area contributed by atoms with E-state index in [0.717, 1.165) is 0 Å². The van der Waals surface area contributed by atoms with Crippen LogP contribution in [0.15, 0.2) is 0 Å². The van der Waals surface area contributed by atoms with E-state index in [4.69, 9.17) is 29.2 Å². The molecule has 0 saturated heterocycles. The minimum absolute atomic E-state index is 0. The number of aliphatic hydroxyl groups is 6. The summed E-state index contributed by atoms with van der Waals surface area (Å²) >= 11 is 0. The Kier molecular flexibility index (Phi) is 43.4. The van der Waals surface area contributed by atoms with Gasteiger partial charge in [-0.3, -0.25) is 9.59 Å². The quantitative estimate of drug-likeness (QED) is 0.0286. The van der Waals surface area contributed by atoms with Crippen molar-refractivity contribution >= 4 is 11.8 Å². The third-order valence-electron chi connectivity index (χ3n) is 5.21. The normalized spacial score (nSPS) is 13.1. The Hall–Kier alpha value is -3.62. The number of nitrogens with one attached hydrogen (secondary N) is 2. The molecule has 0 aromatic heterocycles. The van der Waals surface area contributed by atoms with Crippen LogP contribution in [0.1, 0.15) is 13.8 Å². The first kappa shape index (κ1) is 54.8. The molecule has 0 aromatic carbocycles. The molecule has 0 saturated carbocycles. The predicted molar refractivity (Wildman–Crippen MR) is 167 cm³/mol. The Morgan fingerprint density at radius 1 is 0.551 bits per heavy atom. The summed E-state index contributed by atoms with van der Waals surface area (Å²) in [6, 6.07) is 0. The molecule has 0 aromatic rings. The number of rotatable bonds is 28. The number of carbonyl (C=O) groups is 2. The Morgan fingerprint density at radius 3 is 1.08 bits per heavy atom. The topological polar surface area (TPSA) is 253 Å². The molecule has 288 valence electrons. The van der Waals surface area contributed by atoms with E-state index in [1.54, 1.807) is 0 Å². The molecule has 0 spiro atoms. The van der Waals surface area contributed by atoms with Gasteiger partial charge in [-0.15, -0.1) is 0 Å². The summed E-state index contributed by atoms with van der Waals surface area (Å²) in [5, 5.41) is 60.2. The Labute approximate surface area is 278 Å². The van der Waals surface area contributed by atoms with Crippen molar-refractivity contribution < 1.29 is 78.1 Å². The van der Waals surface area contributed by atoms with Gasteiger partial charge in [-0.05, 0) is 0 Å². The number of hydrogen-bond donors (Lipinski definition) is 8. The zero-order chi connectivity index (χ0) is 36.3. The van der Waals surface area contributed by atoms with Crippen molar-refractivity contribution in [1.82, 2.24) is 10.6 Å². The first-order valence-corrected chi connectivity index (χ1v) is 14.6. The average molecular weight is 1220 g/mol. The maximum absolute atomic E-state index is 10.5. The Balaban J connectivity index is -0.000000199. The third-order valence-corrected chi connectivity index (χ3v) is 5.21. The van der Waals surface area contributed by atoms with Crippen molar-refractivity contribution in [3.8, 4) is 0 Å². The second kappa shape index (κ2) is 38.8. The Bertz CT molecular complexity index is 651. The molecular formula is C29H58N2O16Rf2-4. The van der Waals surface area contributed by atoms with Gasteiger partial charge in [0.05, 0.1) is 83.7 Å². The van der Waals surface area contributed by atoms with Gasteiger partial charge in [-0.1, -0.05) is 0 Å². The molecule has 0 radical (unpaired) electrons. The summed E-state index contributed by atoms with van der Waals surface area (Å²) in [5.74, 6) is -0.242. The van der Waals surface area contributed by atoms with Crippen LogP contribution in [0.2, 0.25) is 0 Å². The minimum atomic E-state index is -0.774. The van der Waals surface area contributed by atoms with Crippen molar-refractivity contribution in [1.29, 1.82) is 0 Å². The van der Waals surface area contributed by atoms with Gasteiger partial charge in [0.25, 0.3) is 0 Å². The zero-order valence-corrected chi connectivity index (χ0v) is 41.9.